The summed E-state index contributed by atoms with van der Waals surface area (Å²) in [5.41, 5.74) is 1.25. The summed E-state index contributed by atoms with van der Waals surface area (Å²) in [5.74, 6) is 0.610. The zero-order valence-electron chi connectivity index (χ0n) is 13.3. The van der Waals surface area contributed by atoms with Crippen molar-refractivity contribution in [2.45, 2.75) is 44.8 Å². The van der Waals surface area contributed by atoms with Gasteiger partial charge in [-0.15, -0.1) is 0 Å². The molecule has 1 saturated carbocycles. The van der Waals surface area contributed by atoms with Crippen LogP contribution in [0.3, 0.4) is 0 Å². The highest BCUT2D eigenvalue weighted by atomic mass is 16.5. The Labute approximate surface area is 136 Å². The summed E-state index contributed by atoms with van der Waals surface area (Å²) in [6, 6.07) is 12.1. The summed E-state index contributed by atoms with van der Waals surface area (Å²) in [4.78, 5) is 12.0. The van der Waals surface area contributed by atoms with E-state index in [1.165, 1.54) is 18.4 Å². The number of ether oxygens (including phenoxy) is 1. The lowest BCUT2D eigenvalue weighted by atomic mass is 10.1. The van der Waals surface area contributed by atoms with E-state index < -0.39 is 0 Å². The summed E-state index contributed by atoms with van der Waals surface area (Å²) in [5, 5.41) is 7.17. The Morgan fingerprint density at radius 3 is 2.78 bits per heavy atom. The Kier molecular flexibility index (Phi) is 5.42. The van der Waals surface area contributed by atoms with Crippen LogP contribution in [0, 0.1) is 0 Å². The van der Waals surface area contributed by atoms with E-state index in [0.717, 1.165) is 31.6 Å². The normalized spacial score (nSPS) is 15.0. The molecule has 1 aromatic carbocycles. The van der Waals surface area contributed by atoms with E-state index in [2.05, 4.69) is 22.5 Å². The van der Waals surface area contributed by atoms with Crippen molar-refractivity contribution in [3.05, 3.63) is 48.2 Å². The molecule has 1 heterocycles. The molecule has 1 amide bonds. The third kappa shape index (κ3) is 4.66. The van der Waals surface area contributed by atoms with Gasteiger partial charge in [0.05, 0.1) is 12.3 Å². The van der Waals surface area contributed by atoms with Crippen LogP contribution in [-0.4, -0.2) is 28.4 Å². The minimum absolute atomic E-state index is 0.113. The molecule has 1 aromatic heterocycles. The number of aryl methyl sites for hydroxylation is 2. The fourth-order valence-electron chi connectivity index (χ4n) is 2.92. The number of aromatic nitrogens is 2. The van der Waals surface area contributed by atoms with Crippen LogP contribution in [0.2, 0.25) is 0 Å². The predicted octanol–water partition coefficient (Wildman–Crippen LogP) is 3.02. The molecule has 23 heavy (non-hydrogen) atoms. The molecule has 1 aliphatic rings. The van der Waals surface area contributed by atoms with E-state index in [1.54, 1.807) is 6.20 Å². The van der Waals surface area contributed by atoms with Gasteiger partial charge in [0.15, 0.2) is 0 Å². The van der Waals surface area contributed by atoms with Gasteiger partial charge in [-0.25, -0.2) is 4.68 Å². The molecule has 2 aromatic rings. The number of rotatable bonds is 7. The maximum Gasteiger partial charge on any atom is 0.251 e. The number of amides is 1. The minimum atomic E-state index is -0.113. The lowest BCUT2D eigenvalue weighted by molar-refractivity contribution is -0.122. The third-order valence-corrected chi connectivity index (χ3v) is 4.19. The Bertz CT molecular complexity index is 618. The first-order chi connectivity index (χ1) is 11.3. The highest BCUT2D eigenvalue weighted by Gasteiger charge is 2.17. The Morgan fingerprint density at radius 1 is 1.22 bits per heavy atom. The van der Waals surface area contributed by atoms with Crippen molar-refractivity contribution < 1.29 is 9.53 Å². The maximum absolute atomic E-state index is 12.0. The first kappa shape index (κ1) is 15.7. The van der Waals surface area contributed by atoms with Gasteiger partial charge in [-0.1, -0.05) is 43.2 Å². The summed E-state index contributed by atoms with van der Waals surface area (Å²) < 4.78 is 7.46. The Morgan fingerprint density at radius 2 is 2.00 bits per heavy atom. The molecule has 1 fully saturated rings. The molecule has 122 valence electrons. The van der Waals surface area contributed by atoms with Gasteiger partial charge in [0.2, 0.25) is 0 Å². The molecule has 1 N–H and O–H groups in total. The Hall–Kier alpha value is -2.14. The molecule has 1 aliphatic carbocycles. The largest absolute Gasteiger partial charge is 0.368 e. The third-order valence-electron chi connectivity index (χ3n) is 4.19. The standard InChI is InChI=1S/C18H23N3O2/c22-18(14-23-16-8-4-5-9-16)20-17-10-12-19-21(17)13-11-15-6-2-1-3-7-15/h1-3,6-7,10,12,16H,4-5,8-9,11,13-14H2,(H,20,22). The second kappa shape index (κ2) is 7.92. The van der Waals surface area contributed by atoms with Gasteiger partial charge in [-0.05, 0) is 24.8 Å². The molecule has 0 radical (unpaired) electrons. The molecule has 5 heteroatoms. The molecule has 0 unspecified atom stereocenters. The smallest absolute Gasteiger partial charge is 0.251 e. The quantitative estimate of drug-likeness (QED) is 0.855. The highest BCUT2D eigenvalue weighted by molar-refractivity contribution is 5.90. The van der Waals surface area contributed by atoms with E-state index in [0.29, 0.717) is 0 Å². The van der Waals surface area contributed by atoms with Crippen molar-refractivity contribution in [1.82, 2.24) is 9.78 Å². The van der Waals surface area contributed by atoms with Crippen LogP contribution >= 0.6 is 0 Å². The zero-order chi connectivity index (χ0) is 15.9. The topological polar surface area (TPSA) is 56.1 Å². The fourth-order valence-corrected chi connectivity index (χ4v) is 2.92. The van der Waals surface area contributed by atoms with Crippen LogP contribution < -0.4 is 5.32 Å². The van der Waals surface area contributed by atoms with Crippen molar-refractivity contribution in [3.8, 4) is 0 Å². The number of nitrogens with zero attached hydrogens (tertiary/aromatic N) is 2. The molecular weight excluding hydrogens is 290 g/mol. The van der Waals surface area contributed by atoms with Crippen molar-refractivity contribution in [2.24, 2.45) is 0 Å². The van der Waals surface area contributed by atoms with E-state index in [4.69, 9.17) is 4.74 Å². The molecule has 0 aliphatic heterocycles. The number of carbonyl (C=O) groups is 1. The average molecular weight is 313 g/mol. The second-order valence-electron chi connectivity index (χ2n) is 5.94. The van der Waals surface area contributed by atoms with Crippen LogP contribution in [-0.2, 0) is 22.5 Å². The summed E-state index contributed by atoms with van der Waals surface area (Å²) in [6.45, 7) is 0.852. The summed E-state index contributed by atoms with van der Waals surface area (Å²) >= 11 is 0. The predicted molar refractivity (Wildman–Crippen MR) is 89.2 cm³/mol. The van der Waals surface area contributed by atoms with Crippen LogP contribution in [0.25, 0.3) is 0 Å². The van der Waals surface area contributed by atoms with Gasteiger partial charge in [0.25, 0.3) is 5.91 Å². The molecule has 5 nitrogen and oxygen atoms in total. The highest BCUT2D eigenvalue weighted by Crippen LogP contribution is 2.20. The van der Waals surface area contributed by atoms with Crippen LogP contribution in [0.1, 0.15) is 31.2 Å². The van der Waals surface area contributed by atoms with Gasteiger partial charge < -0.3 is 10.1 Å². The maximum atomic E-state index is 12.0. The van der Waals surface area contributed by atoms with Crippen LogP contribution in [0.15, 0.2) is 42.6 Å². The van der Waals surface area contributed by atoms with Crippen LogP contribution in [0.5, 0.6) is 0 Å². The number of benzene rings is 1. The van der Waals surface area contributed by atoms with Crippen molar-refractivity contribution >= 4 is 11.7 Å². The van der Waals surface area contributed by atoms with Crippen molar-refractivity contribution in [1.29, 1.82) is 0 Å². The van der Waals surface area contributed by atoms with E-state index in [1.807, 2.05) is 28.9 Å². The van der Waals surface area contributed by atoms with Crippen LogP contribution in [0.4, 0.5) is 5.82 Å². The lowest BCUT2D eigenvalue weighted by Crippen LogP contribution is -2.23. The summed E-state index contributed by atoms with van der Waals surface area (Å²) in [6.07, 6.45) is 7.40. The minimum Gasteiger partial charge on any atom is -0.368 e. The monoisotopic (exact) mass is 313 g/mol. The molecule has 0 bridgehead atoms. The van der Waals surface area contributed by atoms with Gasteiger partial charge in [-0.2, -0.15) is 5.10 Å². The average Bonchev–Trinajstić information content (AvgIpc) is 3.24. The number of hydrogen-bond acceptors (Lipinski definition) is 3. The van der Waals surface area contributed by atoms with E-state index in [9.17, 15) is 4.79 Å². The SMILES string of the molecule is O=C(COC1CCCC1)Nc1ccnn1CCc1ccccc1. The van der Waals surface area contributed by atoms with Gasteiger partial charge in [0.1, 0.15) is 12.4 Å². The van der Waals surface area contributed by atoms with Gasteiger partial charge in [0, 0.05) is 12.6 Å². The Balaban J connectivity index is 1.48. The molecular formula is C18H23N3O2. The van der Waals surface area contributed by atoms with Crippen molar-refractivity contribution in [3.63, 3.8) is 0 Å². The first-order valence-corrected chi connectivity index (χ1v) is 8.28. The summed E-state index contributed by atoms with van der Waals surface area (Å²) in [7, 11) is 0. The number of nitrogens with one attached hydrogen (secondary N) is 1. The molecule has 0 spiro atoms. The lowest BCUT2D eigenvalue weighted by Gasteiger charge is -2.12. The number of hydrogen-bond donors (Lipinski definition) is 1. The molecule has 3 rings (SSSR count). The first-order valence-electron chi connectivity index (χ1n) is 8.28. The van der Waals surface area contributed by atoms with Crippen molar-refractivity contribution in [2.75, 3.05) is 11.9 Å². The van der Waals surface area contributed by atoms with E-state index >= 15 is 0 Å². The van der Waals surface area contributed by atoms with Gasteiger partial charge in [-0.3, -0.25) is 4.79 Å². The molecule has 0 atom stereocenters. The zero-order valence-corrected chi connectivity index (χ0v) is 13.3. The van der Waals surface area contributed by atoms with Gasteiger partial charge >= 0.3 is 0 Å². The van der Waals surface area contributed by atoms with E-state index in [-0.39, 0.29) is 18.6 Å². The fraction of sp³-hybridized carbons (Fsp3) is 0.444. The number of carbonyl (C=O) groups excluding carboxylic acids is 1. The molecule has 0 saturated heterocycles. The second-order valence-corrected chi connectivity index (χ2v) is 5.94. The number of anilines is 1.